The summed E-state index contributed by atoms with van der Waals surface area (Å²) in [7, 11) is 0. The highest BCUT2D eigenvalue weighted by molar-refractivity contribution is 7.14. The Bertz CT molecular complexity index is 1250. The van der Waals surface area contributed by atoms with Crippen LogP contribution in [0, 0.1) is 0 Å². The molecule has 1 aliphatic heterocycles. The molecule has 5 rings (SSSR count). The fourth-order valence-corrected chi connectivity index (χ4v) is 5.11. The molecule has 1 aromatic heterocycles. The highest BCUT2D eigenvalue weighted by Gasteiger charge is 2.24. The van der Waals surface area contributed by atoms with E-state index in [1.54, 1.807) is 11.3 Å². The second-order valence-electron chi connectivity index (χ2n) is 8.24. The zero-order valence-electron chi connectivity index (χ0n) is 18.1. The van der Waals surface area contributed by atoms with Gasteiger partial charge in [0.25, 0.3) is 5.91 Å². The molecule has 1 amide bonds. The van der Waals surface area contributed by atoms with Gasteiger partial charge in [-0.3, -0.25) is 4.79 Å². The van der Waals surface area contributed by atoms with Crippen LogP contribution in [0.4, 0.5) is 10.8 Å². The third kappa shape index (κ3) is 4.24. The van der Waals surface area contributed by atoms with Crippen molar-refractivity contribution in [1.29, 1.82) is 0 Å². The quantitative estimate of drug-likeness (QED) is 0.431. The van der Waals surface area contributed by atoms with Crippen LogP contribution in [0.5, 0.6) is 0 Å². The van der Waals surface area contributed by atoms with Crippen molar-refractivity contribution in [2.75, 3.05) is 23.3 Å². The van der Waals surface area contributed by atoms with E-state index in [0.717, 1.165) is 45.9 Å². The molecular formula is C26H25N3O2S. The average Bonchev–Trinajstić information content (AvgIpc) is 3.29. The van der Waals surface area contributed by atoms with Crippen molar-refractivity contribution in [2.45, 2.75) is 26.1 Å². The lowest BCUT2D eigenvalue weighted by Crippen LogP contribution is -2.45. The molecule has 1 fully saturated rings. The van der Waals surface area contributed by atoms with Crippen molar-refractivity contribution in [1.82, 2.24) is 4.98 Å². The maximum absolute atomic E-state index is 13.0. The van der Waals surface area contributed by atoms with E-state index in [2.05, 4.69) is 29.4 Å². The number of benzene rings is 3. The summed E-state index contributed by atoms with van der Waals surface area (Å²) in [6.45, 7) is 5.88. The minimum atomic E-state index is -0.116. The monoisotopic (exact) mass is 443 g/mol. The number of morpholine rings is 1. The summed E-state index contributed by atoms with van der Waals surface area (Å²) in [5.41, 5.74) is 3.32. The topological polar surface area (TPSA) is 54.5 Å². The normalized spacial score (nSPS) is 18.6. The first kappa shape index (κ1) is 20.7. The van der Waals surface area contributed by atoms with E-state index in [1.807, 2.05) is 66.7 Å². The third-order valence-electron chi connectivity index (χ3n) is 5.63. The molecule has 1 aliphatic rings. The van der Waals surface area contributed by atoms with Gasteiger partial charge >= 0.3 is 0 Å². The standard InChI is InChI=1S/C26H25N3O2S/c1-17-14-29(15-18(2)31-17)26-28-24(16-32-26)20-9-5-10-21(13-20)27-25(30)23-12-6-8-19-7-3-4-11-22(19)23/h3-13,16-18H,14-15H2,1-2H3,(H,27,30). The zero-order chi connectivity index (χ0) is 22.1. The van der Waals surface area contributed by atoms with Crippen LogP contribution in [0.25, 0.3) is 22.0 Å². The van der Waals surface area contributed by atoms with E-state index in [1.165, 1.54) is 0 Å². The molecule has 32 heavy (non-hydrogen) atoms. The van der Waals surface area contributed by atoms with E-state index in [4.69, 9.17) is 9.72 Å². The second kappa shape index (κ2) is 8.73. The fourth-order valence-electron chi connectivity index (χ4n) is 4.25. The van der Waals surface area contributed by atoms with E-state index < -0.39 is 0 Å². The molecule has 2 atom stereocenters. The minimum absolute atomic E-state index is 0.116. The van der Waals surface area contributed by atoms with Crippen LogP contribution in [0.2, 0.25) is 0 Å². The number of hydrogen-bond acceptors (Lipinski definition) is 5. The fraction of sp³-hybridized carbons (Fsp3) is 0.231. The summed E-state index contributed by atoms with van der Waals surface area (Å²) in [5, 5.41) is 8.13. The summed E-state index contributed by atoms with van der Waals surface area (Å²) in [6, 6.07) is 21.6. The van der Waals surface area contributed by atoms with Crippen LogP contribution < -0.4 is 10.2 Å². The molecule has 0 spiro atoms. The van der Waals surface area contributed by atoms with Gasteiger partial charge in [-0.15, -0.1) is 11.3 Å². The van der Waals surface area contributed by atoms with Crippen molar-refractivity contribution in [2.24, 2.45) is 0 Å². The summed E-state index contributed by atoms with van der Waals surface area (Å²) in [5.74, 6) is -0.116. The smallest absolute Gasteiger partial charge is 0.256 e. The van der Waals surface area contributed by atoms with Crippen molar-refractivity contribution in [3.8, 4) is 11.3 Å². The molecule has 0 aliphatic carbocycles. The molecule has 0 bridgehead atoms. The highest BCUT2D eigenvalue weighted by atomic mass is 32.1. The number of aromatic nitrogens is 1. The molecule has 0 saturated carbocycles. The molecule has 1 saturated heterocycles. The van der Waals surface area contributed by atoms with Crippen LogP contribution in [0.1, 0.15) is 24.2 Å². The Morgan fingerprint density at radius 3 is 2.62 bits per heavy atom. The van der Waals surface area contributed by atoms with E-state index in [0.29, 0.717) is 5.56 Å². The molecule has 2 unspecified atom stereocenters. The first-order valence-electron chi connectivity index (χ1n) is 10.8. The molecule has 2 heterocycles. The zero-order valence-corrected chi connectivity index (χ0v) is 18.9. The third-order valence-corrected chi connectivity index (χ3v) is 6.53. The first-order valence-corrected chi connectivity index (χ1v) is 11.7. The lowest BCUT2D eigenvalue weighted by molar-refractivity contribution is -0.00522. The van der Waals surface area contributed by atoms with Gasteiger partial charge in [0, 0.05) is 35.3 Å². The lowest BCUT2D eigenvalue weighted by Gasteiger charge is -2.35. The maximum atomic E-state index is 13.0. The number of nitrogens with zero attached hydrogens (tertiary/aromatic N) is 2. The molecule has 3 aromatic carbocycles. The van der Waals surface area contributed by atoms with Gasteiger partial charge in [-0.1, -0.05) is 48.5 Å². The summed E-state index contributed by atoms with van der Waals surface area (Å²) >= 11 is 1.64. The summed E-state index contributed by atoms with van der Waals surface area (Å²) in [4.78, 5) is 20.2. The van der Waals surface area contributed by atoms with Crippen molar-refractivity contribution in [3.63, 3.8) is 0 Å². The number of carbonyl (C=O) groups excluding carboxylic acids is 1. The van der Waals surface area contributed by atoms with E-state index >= 15 is 0 Å². The van der Waals surface area contributed by atoms with Crippen LogP contribution >= 0.6 is 11.3 Å². The van der Waals surface area contributed by atoms with Gasteiger partial charge in [0.1, 0.15) is 0 Å². The number of thiazole rings is 1. The van der Waals surface area contributed by atoms with Gasteiger partial charge < -0.3 is 15.0 Å². The first-order chi connectivity index (χ1) is 15.6. The minimum Gasteiger partial charge on any atom is -0.372 e. The Balaban J connectivity index is 1.36. The Kier molecular flexibility index (Phi) is 5.64. The van der Waals surface area contributed by atoms with Gasteiger partial charge in [0.05, 0.1) is 17.9 Å². The molecule has 4 aromatic rings. The van der Waals surface area contributed by atoms with Gasteiger partial charge in [0.2, 0.25) is 0 Å². The number of hydrogen-bond donors (Lipinski definition) is 1. The predicted octanol–water partition coefficient (Wildman–Crippen LogP) is 5.83. The van der Waals surface area contributed by atoms with Gasteiger partial charge in [0.15, 0.2) is 5.13 Å². The molecule has 5 nitrogen and oxygen atoms in total. The number of ether oxygens (including phenoxy) is 1. The molecule has 162 valence electrons. The largest absolute Gasteiger partial charge is 0.372 e. The number of carbonyl (C=O) groups is 1. The van der Waals surface area contributed by atoms with Gasteiger partial charge in [-0.2, -0.15) is 0 Å². The lowest BCUT2D eigenvalue weighted by atomic mass is 10.0. The van der Waals surface area contributed by atoms with Crippen molar-refractivity contribution >= 4 is 38.8 Å². The molecule has 1 N–H and O–H groups in total. The van der Waals surface area contributed by atoms with Crippen molar-refractivity contribution < 1.29 is 9.53 Å². The number of amides is 1. The Morgan fingerprint density at radius 1 is 1.03 bits per heavy atom. The van der Waals surface area contributed by atoms with Gasteiger partial charge in [-0.25, -0.2) is 4.98 Å². The maximum Gasteiger partial charge on any atom is 0.256 e. The number of fused-ring (bicyclic) bond motifs is 1. The molecule has 0 radical (unpaired) electrons. The van der Waals surface area contributed by atoms with Crippen LogP contribution in [-0.4, -0.2) is 36.2 Å². The van der Waals surface area contributed by atoms with Crippen molar-refractivity contribution in [3.05, 3.63) is 77.7 Å². The van der Waals surface area contributed by atoms with E-state index in [9.17, 15) is 4.79 Å². The van der Waals surface area contributed by atoms with Crippen LogP contribution in [0.15, 0.2) is 72.1 Å². The van der Waals surface area contributed by atoms with Crippen LogP contribution in [0.3, 0.4) is 0 Å². The van der Waals surface area contributed by atoms with Gasteiger partial charge in [-0.05, 0) is 42.8 Å². The SMILES string of the molecule is CC1CN(c2nc(-c3cccc(NC(=O)c4cccc5ccccc45)c3)cs2)CC(C)O1. The number of rotatable bonds is 4. The molecule has 6 heteroatoms. The summed E-state index contributed by atoms with van der Waals surface area (Å²) < 4.78 is 5.84. The van der Waals surface area contributed by atoms with E-state index in [-0.39, 0.29) is 18.1 Å². The molecular weight excluding hydrogens is 418 g/mol. The Labute approximate surface area is 191 Å². The average molecular weight is 444 g/mol. The second-order valence-corrected chi connectivity index (χ2v) is 9.08. The van der Waals surface area contributed by atoms with Crippen LogP contribution in [-0.2, 0) is 4.74 Å². The number of anilines is 2. The predicted molar refractivity (Wildman–Crippen MR) is 132 cm³/mol. The number of nitrogens with one attached hydrogen (secondary N) is 1. The Morgan fingerprint density at radius 2 is 1.78 bits per heavy atom. The summed E-state index contributed by atoms with van der Waals surface area (Å²) in [6.07, 6.45) is 0.386. The Hall–Kier alpha value is -3.22. The highest BCUT2D eigenvalue weighted by Crippen LogP contribution is 2.30.